The highest BCUT2D eigenvalue weighted by Crippen LogP contribution is 2.28. The van der Waals surface area contributed by atoms with Gasteiger partial charge in [0.1, 0.15) is 9.88 Å². The van der Waals surface area contributed by atoms with Crippen LogP contribution in [0.5, 0.6) is 0 Å². The highest BCUT2D eigenvalue weighted by atomic mass is 79.9. The van der Waals surface area contributed by atoms with E-state index in [1.807, 2.05) is 31.2 Å². The fourth-order valence-electron chi connectivity index (χ4n) is 1.57. The molecule has 0 bridgehead atoms. The molecular formula is C13H12BrNO2S2. The number of thiazole rings is 1. The van der Waals surface area contributed by atoms with Crippen molar-refractivity contribution < 1.29 is 9.90 Å². The van der Waals surface area contributed by atoms with Gasteiger partial charge in [-0.3, -0.25) is 0 Å². The second-order valence-corrected chi connectivity index (χ2v) is 6.84. The van der Waals surface area contributed by atoms with E-state index >= 15 is 0 Å². The Morgan fingerprint density at radius 2 is 2.32 bits per heavy atom. The van der Waals surface area contributed by atoms with Crippen molar-refractivity contribution in [3.63, 3.8) is 0 Å². The predicted octanol–water partition coefficient (Wildman–Crippen LogP) is 4.46. The van der Waals surface area contributed by atoms with E-state index in [9.17, 15) is 4.79 Å². The molecule has 3 nitrogen and oxygen atoms in total. The summed E-state index contributed by atoms with van der Waals surface area (Å²) in [7, 11) is 0. The molecule has 1 heterocycles. The Labute approximate surface area is 128 Å². The van der Waals surface area contributed by atoms with Crippen molar-refractivity contribution in [2.45, 2.75) is 24.0 Å². The number of nitrogens with zero attached hydrogens (tertiary/aromatic N) is 1. The van der Waals surface area contributed by atoms with Gasteiger partial charge in [-0.05, 0) is 24.6 Å². The summed E-state index contributed by atoms with van der Waals surface area (Å²) >= 11 is 6.36. The summed E-state index contributed by atoms with van der Waals surface area (Å²) < 4.78 is 1.04. The molecule has 19 heavy (non-hydrogen) atoms. The normalized spacial score (nSPS) is 10.6. The highest BCUT2D eigenvalue weighted by Gasteiger charge is 2.15. The molecule has 1 N–H and O–H groups in total. The van der Waals surface area contributed by atoms with Gasteiger partial charge in [0.15, 0.2) is 0 Å². The summed E-state index contributed by atoms with van der Waals surface area (Å²) in [6.07, 6.45) is 0.652. The first kappa shape index (κ1) is 14.6. The summed E-state index contributed by atoms with van der Waals surface area (Å²) in [6.45, 7) is 1.92. The van der Waals surface area contributed by atoms with Gasteiger partial charge in [0, 0.05) is 9.37 Å². The molecule has 0 fully saturated rings. The summed E-state index contributed by atoms with van der Waals surface area (Å²) in [6, 6.07) is 8.03. The molecule has 1 aromatic carbocycles. The number of hydrogen-bond donors (Lipinski definition) is 1. The van der Waals surface area contributed by atoms with Crippen LogP contribution in [0.4, 0.5) is 0 Å². The second kappa shape index (κ2) is 6.54. The Balaban J connectivity index is 2.09. The maximum Gasteiger partial charge on any atom is 0.347 e. The summed E-state index contributed by atoms with van der Waals surface area (Å²) in [5, 5.41) is 9.95. The van der Waals surface area contributed by atoms with Crippen molar-refractivity contribution in [3.8, 4) is 0 Å². The molecule has 2 rings (SSSR count). The molecule has 0 atom stereocenters. The monoisotopic (exact) mass is 357 g/mol. The van der Waals surface area contributed by atoms with Gasteiger partial charge in [-0.1, -0.05) is 28.9 Å². The minimum atomic E-state index is -0.881. The lowest BCUT2D eigenvalue weighted by Gasteiger charge is -1.99. The zero-order chi connectivity index (χ0) is 13.8. The van der Waals surface area contributed by atoms with Crippen LogP contribution in [0.2, 0.25) is 0 Å². The number of carbonyl (C=O) groups is 1. The van der Waals surface area contributed by atoms with E-state index in [4.69, 9.17) is 5.11 Å². The smallest absolute Gasteiger partial charge is 0.347 e. The number of hydrogen-bond acceptors (Lipinski definition) is 4. The lowest BCUT2D eigenvalue weighted by molar-refractivity contribution is 0.0701. The fourth-order valence-corrected chi connectivity index (χ4v) is 4.06. The van der Waals surface area contributed by atoms with Crippen LogP contribution in [0.1, 0.15) is 27.3 Å². The number of aromatic nitrogens is 1. The van der Waals surface area contributed by atoms with E-state index in [0.29, 0.717) is 22.7 Å². The minimum absolute atomic E-state index is 0.368. The third kappa shape index (κ3) is 3.81. The maximum absolute atomic E-state index is 11.1. The number of rotatable bonds is 5. The molecule has 1 aromatic heterocycles. The summed E-state index contributed by atoms with van der Waals surface area (Å²) in [5.74, 6) is -0.186. The average Bonchev–Trinajstić information content (AvgIpc) is 2.80. The zero-order valence-electron chi connectivity index (χ0n) is 10.2. The quantitative estimate of drug-likeness (QED) is 0.802. The highest BCUT2D eigenvalue weighted by molar-refractivity contribution is 9.10. The number of carboxylic acids is 1. The van der Waals surface area contributed by atoms with Crippen molar-refractivity contribution >= 4 is 45.0 Å². The molecule has 0 radical (unpaired) electrons. The van der Waals surface area contributed by atoms with Crippen LogP contribution in [0.25, 0.3) is 0 Å². The molecule has 0 saturated heterocycles. The van der Waals surface area contributed by atoms with Gasteiger partial charge in [-0.25, -0.2) is 9.78 Å². The van der Waals surface area contributed by atoms with Crippen LogP contribution in [0, 0.1) is 0 Å². The first-order valence-electron chi connectivity index (χ1n) is 5.70. The Bertz CT molecular complexity index is 598. The molecule has 0 unspecified atom stereocenters. The van der Waals surface area contributed by atoms with Gasteiger partial charge in [0.2, 0.25) is 0 Å². The Kier molecular flexibility index (Phi) is 5.01. The fraction of sp³-hybridized carbons (Fsp3) is 0.231. The topological polar surface area (TPSA) is 50.2 Å². The Morgan fingerprint density at radius 3 is 2.89 bits per heavy atom. The van der Waals surface area contributed by atoms with E-state index in [-0.39, 0.29) is 0 Å². The molecule has 100 valence electrons. The van der Waals surface area contributed by atoms with Crippen LogP contribution < -0.4 is 0 Å². The van der Waals surface area contributed by atoms with Crippen molar-refractivity contribution in [2.24, 2.45) is 0 Å². The summed E-state index contributed by atoms with van der Waals surface area (Å²) in [5.41, 5.74) is 0.683. The molecule has 6 heteroatoms. The van der Waals surface area contributed by atoms with Crippen LogP contribution in [-0.4, -0.2) is 16.1 Å². The van der Waals surface area contributed by atoms with Crippen LogP contribution >= 0.6 is 39.0 Å². The molecule has 0 aliphatic carbocycles. The molecule has 0 spiro atoms. The number of thioether (sulfide) groups is 1. The van der Waals surface area contributed by atoms with Crippen molar-refractivity contribution in [1.29, 1.82) is 0 Å². The molecule has 2 aromatic rings. The lowest BCUT2D eigenvalue weighted by atomic mass is 10.3. The molecular weight excluding hydrogens is 346 g/mol. The first-order valence-corrected chi connectivity index (χ1v) is 8.30. The Morgan fingerprint density at radius 1 is 1.53 bits per heavy atom. The third-order valence-electron chi connectivity index (χ3n) is 2.43. The van der Waals surface area contributed by atoms with E-state index < -0.39 is 5.97 Å². The molecule has 0 amide bonds. The minimum Gasteiger partial charge on any atom is -0.477 e. The van der Waals surface area contributed by atoms with Gasteiger partial charge < -0.3 is 5.11 Å². The van der Waals surface area contributed by atoms with Crippen molar-refractivity contribution in [1.82, 2.24) is 4.98 Å². The molecule has 0 aliphatic heterocycles. The van der Waals surface area contributed by atoms with Crippen molar-refractivity contribution in [3.05, 3.63) is 44.3 Å². The molecule has 0 saturated carbocycles. The Hall–Kier alpha value is -0.850. The summed E-state index contributed by atoms with van der Waals surface area (Å²) in [4.78, 5) is 17.0. The number of aromatic carboxylic acids is 1. The number of carboxylic acid groups (broad SMARTS) is 1. The maximum atomic E-state index is 11.1. The van der Waals surface area contributed by atoms with Crippen LogP contribution in [-0.2, 0) is 12.2 Å². The van der Waals surface area contributed by atoms with E-state index in [1.54, 1.807) is 11.8 Å². The number of aryl methyl sites for hydroxylation is 1. The standard InChI is InChI=1S/C13H12BrNO2S2/c1-2-10-12(13(16)17)19-11(15-10)7-18-9-5-3-4-8(14)6-9/h3-6H,2,7H2,1H3,(H,16,17). The van der Waals surface area contributed by atoms with Gasteiger partial charge >= 0.3 is 5.97 Å². The number of halogens is 1. The van der Waals surface area contributed by atoms with Crippen molar-refractivity contribution in [2.75, 3.05) is 0 Å². The van der Waals surface area contributed by atoms with Gasteiger partial charge in [-0.2, -0.15) is 0 Å². The third-order valence-corrected chi connectivity index (χ3v) is 5.20. The van der Waals surface area contributed by atoms with Gasteiger partial charge in [-0.15, -0.1) is 23.1 Å². The van der Waals surface area contributed by atoms with Gasteiger partial charge in [0.05, 0.1) is 11.4 Å². The lowest BCUT2D eigenvalue weighted by Crippen LogP contribution is -1.97. The number of benzene rings is 1. The second-order valence-electron chi connectivity index (χ2n) is 3.79. The zero-order valence-corrected chi connectivity index (χ0v) is 13.4. The van der Waals surface area contributed by atoms with Gasteiger partial charge in [0.25, 0.3) is 0 Å². The molecule has 0 aliphatic rings. The van der Waals surface area contributed by atoms with Crippen LogP contribution in [0.15, 0.2) is 33.6 Å². The van der Waals surface area contributed by atoms with E-state index in [1.165, 1.54) is 11.3 Å². The SMILES string of the molecule is CCc1nc(CSc2cccc(Br)c2)sc1C(=O)O. The first-order chi connectivity index (χ1) is 9.10. The largest absolute Gasteiger partial charge is 0.477 e. The van der Waals surface area contributed by atoms with E-state index in [2.05, 4.69) is 20.9 Å². The predicted molar refractivity (Wildman–Crippen MR) is 82.2 cm³/mol. The van der Waals surface area contributed by atoms with E-state index in [0.717, 1.165) is 14.4 Å². The van der Waals surface area contributed by atoms with Crippen LogP contribution in [0.3, 0.4) is 0 Å². The average molecular weight is 358 g/mol.